The van der Waals surface area contributed by atoms with Crippen LogP contribution in [0.3, 0.4) is 0 Å². The van der Waals surface area contributed by atoms with Gasteiger partial charge in [-0.05, 0) is 18.8 Å². The fraction of sp³-hybridized carbons (Fsp3) is 0.500. The summed E-state index contributed by atoms with van der Waals surface area (Å²) in [7, 11) is 0. The van der Waals surface area contributed by atoms with Crippen LogP contribution in [0.4, 0.5) is 5.82 Å². The SMILES string of the molecule is CC1CC(Nc2cc(Cl)nc3ncnn23)C1. The van der Waals surface area contributed by atoms with E-state index in [0.717, 1.165) is 11.7 Å². The van der Waals surface area contributed by atoms with E-state index in [9.17, 15) is 0 Å². The van der Waals surface area contributed by atoms with Crippen LogP contribution in [0, 0.1) is 5.92 Å². The summed E-state index contributed by atoms with van der Waals surface area (Å²) in [5.41, 5.74) is 0. The van der Waals surface area contributed by atoms with Crippen LogP contribution in [0.15, 0.2) is 12.4 Å². The van der Waals surface area contributed by atoms with Gasteiger partial charge in [0, 0.05) is 12.1 Å². The van der Waals surface area contributed by atoms with E-state index in [1.54, 1.807) is 10.6 Å². The molecule has 0 aliphatic heterocycles. The van der Waals surface area contributed by atoms with Crippen molar-refractivity contribution >= 4 is 23.2 Å². The van der Waals surface area contributed by atoms with Crippen molar-refractivity contribution in [1.82, 2.24) is 19.6 Å². The summed E-state index contributed by atoms with van der Waals surface area (Å²) in [5.74, 6) is 2.20. The first-order chi connectivity index (χ1) is 7.72. The number of hydrogen-bond donors (Lipinski definition) is 1. The Kier molecular flexibility index (Phi) is 2.21. The first-order valence-electron chi connectivity index (χ1n) is 5.35. The molecule has 0 aromatic carbocycles. The van der Waals surface area contributed by atoms with E-state index < -0.39 is 0 Å². The number of hydrogen-bond acceptors (Lipinski definition) is 4. The molecule has 2 heterocycles. The molecule has 2 aromatic rings. The van der Waals surface area contributed by atoms with Gasteiger partial charge in [-0.2, -0.15) is 19.6 Å². The van der Waals surface area contributed by atoms with Gasteiger partial charge in [-0.25, -0.2) is 0 Å². The molecule has 84 valence electrons. The lowest BCUT2D eigenvalue weighted by Crippen LogP contribution is -2.34. The Labute approximate surface area is 97.8 Å². The second kappa shape index (κ2) is 3.59. The first-order valence-corrected chi connectivity index (χ1v) is 5.73. The van der Waals surface area contributed by atoms with E-state index in [1.807, 2.05) is 0 Å². The Hall–Kier alpha value is -1.36. The van der Waals surface area contributed by atoms with E-state index in [1.165, 1.54) is 19.2 Å². The molecule has 0 amide bonds. The van der Waals surface area contributed by atoms with E-state index in [0.29, 0.717) is 17.0 Å². The Morgan fingerprint density at radius 3 is 3.06 bits per heavy atom. The molecular formula is C10H12ClN5. The lowest BCUT2D eigenvalue weighted by atomic mass is 9.82. The van der Waals surface area contributed by atoms with Crippen LogP contribution in [0.1, 0.15) is 19.8 Å². The van der Waals surface area contributed by atoms with Gasteiger partial charge >= 0.3 is 0 Å². The van der Waals surface area contributed by atoms with E-state index in [-0.39, 0.29) is 0 Å². The van der Waals surface area contributed by atoms with Gasteiger partial charge in [-0.1, -0.05) is 18.5 Å². The lowest BCUT2D eigenvalue weighted by molar-refractivity contribution is 0.308. The molecule has 0 spiro atoms. The number of nitrogens with one attached hydrogen (secondary N) is 1. The first kappa shape index (κ1) is 9.84. The van der Waals surface area contributed by atoms with Crippen molar-refractivity contribution in [2.24, 2.45) is 5.92 Å². The van der Waals surface area contributed by atoms with Crippen molar-refractivity contribution in [2.45, 2.75) is 25.8 Å². The second-order valence-corrected chi connectivity index (χ2v) is 4.74. The van der Waals surface area contributed by atoms with Gasteiger partial charge in [0.05, 0.1) is 0 Å². The largest absolute Gasteiger partial charge is 0.367 e. The third kappa shape index (κ3) is 1.61. The molecule has 2 aromatic heterocycles. The summed E-state index contributed by atoms with van der Waals surface area (Å²) in [6.07, 6.45) is 3.86. The van der Waals surface area contributed by atoms with E-state index >= 15 is 0 Å². The number of aromatic nitrogens is 4. The molecule has 6 heteroatoms. The Balaban J connectivity index is 1.92. The van der Waals surface area contributed by atoms with Crippen molar-refractivity contribution < 1.29 is 0 Å². The molecule has 16 heavy (non-hydrogen) atoms. The maximum atomic E-state index is 5.92. The third-order valence-corrected chi connectivity index (χ3v) is 3.14. The molecule has 3 rings (SSSR count). The van der Waals surface area contributed by atoms with Gasteiger partial charge in [0.2, 0.25) is 0 Å². The highest BCUT2D eigenvalue weighted by Crippen LogP contribution is 2.29. The Morgan fingerprint density at radius 2 is 2.31 bits per heavy atom. The van der Waals surface area contributed by atoms with Crippen LogP contribution in [-0.4, -0.2) is 25.6 Å². The maximum absolute atomic E-state index is 5.92. The Morgan fingerprint density at radius 1 is 1.50 bits per heavy atom. The molecule has 1 saturated carbocycles. The van der Waals surface area contributed by atoms with Crippen molar-refractivity contribution in [3.8, 4) is 0 Å². The van der Waals surface area contributed by atoms with Gasteiger partial charge in [0.1, 0.15) is 17.3 Å². The molecule has 0 bridgehead atoms. The average molecular weight is 238 g/mol. The molecule has 1 aliphatic rings. The molecule has 0 atom stereocenters. The van der Waals surface area contributed by atoms with Crippen molar-refractivity contribution in [2.75, 3.05) is 5.32 Å². The van der Waals surface area contributed by atoms with Crippen LogP contribution in [-0.2, 0) is 0 Å². The molecule has 1 N–H and O–H groups in total. The van der Waals surface area contributed by atoms with Crippen LogP contribution in [0.2, 0.25) is 5.15 Å². The standard InChI is InChI=1S/C10H12ClN5/c1-6-2-7(3-6)14-9-4-8(11)15-10-12-5-13-16(9)10/h4-7,14H,2-3H2,1H3. The molecule has 1 aliphatic carbocycles. The summed E-state index contributed by atoms with van der Waals surface area (Å²) in [6, 6.07) is 2.30. The fourth-order valence-corrected chi connectivity index (χ4v) is 2.29. The predicted molar refractivity (Wildman–Crippen MR) is 61.6 cm³/mol. The van der Waals surface area contributed by atoms with Crippen molar-refractivity contribution in [3.63, 3.8) is 0 Å². The molecule has 0 radical (unpaired) electrons. The molecular weight excluding hydrogens is 226 g/mol. The smallest absolute Gasteiger partial charge is 0.255 e. The highest BCUT2D eigenvalue weighted by molar-refractivity contribution is 6.29. The Bertz CT molecular complexity index is 517. The number of rotatable bonds is 2. The van der Waals surface area contributed by atoms with Crippen LogP contribution in [0.5, 0.6) is 0 Å². The summed E-state index contributed by atoms with van der Waals surface area (Å²) < 4.78 is 1.68. The summed E-state index contributed by atoms with van der Waals surface area (Å²) in [5, 5.41) is 7.97. The zero-order valence-electron chi connectivity index (χ0n) is 8.89. The van der Waals surface area contributed by atoms with E-state index in [4.69, 9.17) is 11.6 Å². The number of anilines is 1. The second-order valence-electron chi connectivity index (χ2n) is 4.35. The van der Waals surface area contributed by atoms with Crippen LogP contribution >= 0.6 is 11.6 Å². The average Bonchev–Trinajstić information content (AvgIpc) is 2.62. The zero-order chi connectivity index (χ0) is 11.1. The minimum absolute atomic E-state index is 0.440. The van der Waals surface area contributed by atoms with Crippen LogP contribution in [0.25, 0.3) is 5.78 Å². The molecule has 5 nitrogen and oxygen atoms in total. The number of halogens is 1. The van der Waals surface area contributed by atoms with Gasteiger partial charge in [0.25, 0.3) is 5.78 Å². The van der Waals surface area contributed by atoms with Gasteiger partial charge in [-0.3, -0.25) is 0 Å². The molecule has 0 saturated heterocycles. The minimum Gasteiger partial charge on any atom is -0.367 e. The summed E-state index contributed by atoms with van der Waals surface area (Å²) in [6.45, 7) is 2.25. The highest BCUT2D eigenvalue weighted by atomic mass is 35.5. The number of nitrogens with zero attached hydrogens (tertiary/aromatic N) is 4. The predicted octanol–water partition coefficient (Wildman–Crippen LogP) is 1.99. The normalized spacial score (nSPS) is 24.4. The van der Waals surface area contributed by atoms with Crippen LogP contribution < -0.4 is 5.32 Å². The van der Waals surface area contributed by atoms with Gasteiger partial charge in [-0.15, -0.1) is 0 Å². The molecule has 0 unspecified atom stereocenters. The van der Waals surface area contributed by atoms with Crippen molar-refractivity contribution in [1.29, 1.82) is 0 Å². The quantitative estimate of drug-likeness (QED) is 0.812. The number of fused-ring (bicyclic) bond motifs is 1. The monoisotopic (exact) mass is 237 g/mol. The maximum Gasteiger partial charge on any atom is 0.255 e. The fourth-order valence-electron chi connectivity index (χ4n) is 2.12. The summed E-state index contributed by atoms with van der Waals surface area (Å²) in [4.78, 5) is 8.10. The lowest BCUT2D eigenvalue weighted by Gasteiger charge is -2.33. The third-order valence-electron chi connectivity index (χ3n) is 2.95. The van der Waals surface area contributed by atoms with E-state index in [2.05, 4.69) is 27.3 Å². The summed E-state index contributed by atoms with van der Waals surface area (Å²) >= 11 is 5.92. The van der Waals surface area contributed by atoms with Gasteiger partial charge in [0.15, 0.2) is 0 Å². The molecule has 1 fully saturated rings. The van der Waals surface area contributed by atoms with Gasteiger partial charge < -0.3 is 5.32 Å². The highest BCUT2D eigenvalue weighted by Gasteiger charge is 2.25. The topological polar surface area (TPSA) is 55.1 Å². The van der Waals surface area contributed by atoms with Crippen molar-refractivity contribution in [3.05, 3.63) is 17.5 Å². The minimum atomic E-state index is 0.440. The zero-order valence-corrected chi connectivity index (χ0v) is 9.65.